The van der Waals surface area contributed by atoms with Crippen LogP contribution in [-0.4, -0.2) is 17.6 Å². The zero-order valence-electron chi connectivity index (χ0n) is 8.40. The van der Waals surface area contributed by atoms with Crippen molar-refractivity contribution in [1.82, 2.24) is 4.98 Å². The van der Waals surface area contributed by atoms with Crippen molar-refractivity contribution < 1.29 is 9.53 Å². The van der Waals surface area contributed by atoms with Crippen LogP contribution in [0.15, 0.2) is 11.1 Å². The Balaban J connectivity index is 3.20. The molecule has 0 atom stereocenters. The van der Waals surface area contributed by atoms with E-state index >= 15 is 0 Å². The van der Waals surface area contributed by atoms with E-state index in [9.17, 15) is 4.79 Å². The molecule has 0 radical (unpaired) electrons. The molecule has 0 saturated carbocycles. The van der Waals surface area contributed by atoms with E-state index in [1.54, 1.807) is 13.8 Å². The molecule has 1 heterocycles. The summed E-state index contributed by atoms with van der Waals surface area (Å²) in [7, 11) is 0. The lowest BCUT2D eigenvalue weighted by atomic mass is 10.1. The number of aromatic nitrogens is 1. The van der Waals surface area contributed by atoms with Gasteiger partial charge in [0.1, 0.15) is 0 Å². The third kappa shape index (κ3) is 2.42. The summed E-state index contributed by atoms with van der Waals surface area (Å²) < 4.78 is 4.83. The minimum atomic E-state index is -0.478. The van der Waals surface area contributed by atoms with Crippen molar-refractivity contribution in [2.75, 3.05) is 6.61 Å². The van der Waals surface area contributed by atoms with E-state index in [1.165, 1.54) is 6.07 Å². The third-order valence-electron chi connectivity index (χ3n) is 1.79. The van der Waals surface area contributed by atoms with E-state index in [0.29, 0.717) is 11.3 Å². The third-order valence-corrected chi connectivity index (χ3v) is 2.11. The molecule has 0 aromatic carbocycles. The average Bonchev–Trinajstić information content (AvgIpc) is 2.18. The summed E-state index contributed by atoms with van der Waals surface area (Å²) in [5.41, 5.74) is 0.998. The van der Waals surface area contributed by atoms with Gasteiger partial charge < -0.3 is 17.4 Å². The van der Waals surface area contributed by atoms with Gasteiger partial charge in [0.15, 0.2) is 0 Å². The molecule has 0 spiro atoms. The van der Waals surface area contributed by atoms with Crippen molar-refractivity contribution >= 4 is 18.6 Å². The van der Waals surface area contributed by atoms with E-state index in [2.05, 4.69) is 4.98 Å². The number of rotatable bonds is 2. The van der Waals surface area contributed by atoms with Gasteiger partial charge in [0.05, 0.1) is 29.5 Å². The lowest BCUT2D eigenvalue weighted by Gasteiger charge is -2.11. The number of aryl methyl sites for hydroxylation is 1. The van der Waals surface area contributed by atoms with E-state index in [4.69, 9.17) is 22.6 Å². The van der Waals surface area contributed by atoms with E-state index in [-0.39, 0.29) is 17.2 Å². The number of hydrogen-bond donors (Lipinski definition) is 0. The van der Waals surface area contributed by atoms with Gasteiger partial charge in [-0.05, 0) is 19.9 Å². The average molecular weight is 221 g/mol. The zero-order valence-corrected chi connectivity index (χ0v) is 9.22. The fourth-order valence-corrected chi connectivity index (χ4v) is 1.32. The molecule has 15 heavy (non-hydrogen) atoms. The predicted molar refractivity (Wildman–Crippen MR) is 55.3 cm³/mol. The monoisotopic (exact) mass is 221 g/mol. The number of esters is 1. The van der Waals surface area contributed by atoms with Gasteiger partial charge in [0.25, 0.3) is 0 Å². The minimum absolute atomic E-state index is 0.211. The molecule has 1 aromatic heterocycles. The fraction of sp³-hybridized carbons (Fsp3) is 0.300. The summed E-state index contributed by atoms with van der Waals surface area (Å²) in [4.78, 5) is 15.4. The number of nitrogens with zero attached hydrogens (tertiary/aromatic N) is 2. The van der Waals surface area contributed by atoms with Crippen LogP contribution in [0.5, 0.6) is 0 Å². The lowest BCUT2D eigenvalue weighted by Crippen LogP contribution is -2.09. The van der Waals surface area contributed by atoms with Gasteiger partial charge in [-0.25, -0.2) is 4.79 Å². The molecule has 1 rings (SSSR count). The Labute approximate surface area is 93.3 Å². The normalized spacial score (nSPS) is 9.40. The largest absolute Gasteiger partial charge is 0.759 e. The number of carbonyl (C=O) groups excluding carboxylic acids is 1. The van der Waals surface area contributed by atoms with Crippen LogP contribution in [-0.2, 0) is 17.4 Å². The Bertz CT molecular complexity index is 438. The first-order chi connectivity index (χ1) is 7.10. The molecule has 0 saturated heterocycles. The Morgan fingerprint density at radius 2 is 2.40 bits per heavy atom. The van der Waals surface area contributed by atoms with Gasteiger partial charge in [-0.3, -0.25) is 4.98 Å². The summed E-state index contributed by atoms with van der Waals surface area (Å²) in [6, 6.07) is 3.30. The van der Waals surface area contributed by atoms with Crippen LogP contribution in [0.2, 0.25) is 0 Å². The number of carbonyl (C=O) groups is 1. The lowest BCUT2D eigenvalue weighted by molar-refractivity contribution is 0.0524. The molecule has 0 fully saturated rings. The molecule has 4 nitrogen and oxygen atoms in total. The second kappa shape index (κ2) is 4.71. The number of nitriles is 1. The second-order valence-electron chi connectivity index (χ2n) is 2.81. The first kappa shape index (κ1) is 11.4. The molecule has 0 N–H and O–H groups in total. The van der Waals surface area contributed by atoms with Crippen LogP contribution in [0.4, 0.5) is 0 Å². The molecule has 0 aliphatic rings. The molecular weight excluding hydrogens is 212 g/mol. The highest BCUT2D eigenvalue weighted by Gasteiger charge is 2.12. The van der Waals surface area contributed by atoms with Crippen LogP contribution < -0.4 is 0 Å². The molecule has 5 heteroatoms. The number of ether oxygens (including phenoxy) is 1. The van der Waals surface area contributed by atoms with Crippen molar-refractivity contribution in [2.24, 2.45) is 0 Å². The Kier molecular flexibility index (Phi) is 3.58. The van der Waals surface area contributed by atoms with Gasteiger partial charge in [-0.2, -0.15) is 5.26 Å². The first-order valence-electron chi connectivity index (χ1n) is 4.36. The quantitative estimate of drug-likeness (QED) is 0.557. The zero-order chi connectivity index (χ0) is 11.4. The molecule has 1 aromatic rings. The van der Waals surface area contributed by atoms with Gasteiger partial charge in [-0.15, -0.1) is 0 Å². The summed E-state index contributed by atoms with van der Waals surface area (Å²) in [6.07, 6.45) is 0. The maximum atomic E-state index is 11.4. The molecule has 0 amide bonds. The van der Waals surface area contributed by atoms with Crippen LogP contribution >= 0.6 is 0 Å². The number of pyridine rings is 1. The molecular formula is C10H9N2O2S-. The Morgan fingerprint density at radius 1 is 1.73 bits per heavy atom. The standard InChI is InChI=1S/C10H10N2O2S/c1-3-14-10(13)8-4-7(5-11)9(15)12-6(8)2/h4H,3H2,1-2H3,(H,12,15)/p-1. The molecule has 0 bridgehead atoms. The highest BCUT2D eigenvalue weighted by Crippen LogP contribution is 2.13. The van der Waals surface area contributed by atoms with Gasteiger partial charge >= 0.3 is 5.97 Å². The van der Waals surface area contributed by atoms with Gasteiger partial charge in [-0.1, -0.05) is 5.03 Å². The van der Waals surface area contributed by atoms with Crippen LogP contribution in [0.3, 0.4) is 0 Å². The van der Waals surface area contributed by atoms with Gasteiger partial charge in [0, 0.05) is 0 Å². The van der Waals surface area contributed by atoms with Crippen molar-refractivity contribution in [3.63, 3.8) is 0 Å². The van der Waals surface area contributed by atoms with Crippen LogP contribution in [0.1, 0.15) is 28.5 Å². The van der Waals surface area contributed by atoms with Crippen LogP contribution in [0.25, 0.3) is 0 Å². The molecule has 0 aliphatic carbocycles. The van der Waals surface area contributed by atoms with Crippen LogP contribution in [0, 0.1) is 18.3 Å². The van der Waals surface area contributed by atoms with E-state index in [1.807, 2.05) is 6.07 Å². The summed E-state index contributed by atoms with van der Waals surface area (Å²) >= 11 is 4.86. The maximum absolute atomic E-state index is 11.4. The summed E-state index contributed by atoms with van der Waals surface area (Å²) in [5, 5.41) is 8.95. The predicted octanol–water partition coefficient (Wildman–Crippen LogP) is 1.34. The van der Waals surface area contributed by atoms with Crippen molar-refractivity contribution in [1.29, 1.82) is 5.26 Å². The summed E-state index contributed by atoms with van der Waals surface area (Å²) in [6.45, 7) is 3.66. The number of hydrogen-bond acceptors (Lipinski definition) is 5. The van der Waals surface area contributed by atoms with Crippen molar-refractivity contribution in [3.8, 4) is 6.07 Å². The SMILES string of the molecule is CCOC(=O)c1cc(C#N)c([S-])nc1C. The Morgan fingerprint density at radius 3 is 2.93 bits per heavy atom. The smallest absolute Gasteiger partial charge is 0.340 e. The maximum Gasteiger partial charge on any atom is 0.340 e. The molecule has 78 valence electrons. The van der Waals surface area contributed by atoms with E-state index < -0.39 is 5.97 Å². The molecule has 0 unspecified atom stereocenters. The van der Waals surface area contributed by atoms with Crippen molar-refractivity contribution in [2.45, 2.75) is 18.9 Å². The van der Waals surface area contributed by atoms with Gasteiger partial charge in [0.2, 0.25) is 0 Å². The highest BCUT2D eigenvalue weighted by molar-refractivity contribution is 7.58. The Hall–Kier alpha value is -1.67. The summed E-state index contributed by atoms with van der Waals surface area (Å²) in [5.74, 6) is -0.478. The molecule has 0 aliphatic heterocycles. The first-order valence-corrected chi connectivity index (χ1v) is 4.76. The minimum Gasteiger partial charge on any atom is -0.759 e. The van der Waals surface area contributed by atoms with E-state index in [0.717, 1.165) is 0 Å². The second-order valence-corrected chi connectivity index (χ2v) is 3.19. The highest BCUT2D eigenvalue weighted by atomic mass is 32.1. The topological polar surface area (TPSA) is 63.0 Å². The van der Waals surface area contributed by atoms with Crippen molar-refractivity contribution in [3.05, 3.63) is 22.9 Å². The fourth-order valence-electron chi connectivity index (χ4n) is 1.08.